The van der Waals surface area contributed by atoms with Crippen LogP contribution < -0.4 is 4.90 Å². The number of nitrogens with zero attached hydrogens (tertiary/aromatic N) is 3. The Morgan fingerprint density at radius 3 is 2.39 bits per heavy atom. The summed E-state index contributed by atoms with van der Waals surface area (Å²) < 4.78 is 38.1. The van der Waals surface area contributed by atoms with Gasteiger partial charge in [-0.3, -0.25) is 9.59 Å². The predicted octanol–water partition coefficient (Wildman–Crippen LogP) is 3.39. The summed E-state index contributed by atoms with van der Waals surface area (Å²) in [6, 6.07) is 9.95. The van der Waals surface area contributed by atoms with Crippen LogP contribution >= 0.6 is 0 Å². The number of aryl methyl sites for hydroxylation is 1. The molecule has 2 heterocycles. The molecule has 1 aliphatic rings. The molecule has 9 heteroatoms. The maximum Gasteiger partial charge on any atom is 0.417 e. The van der Waals surface area contributed by atoms with Crippen molar-refractivity contribution >= 4 is 17.7 Å². The van der Waals surface area contributed by atoms with Gasteiger partial charge in [-0.05, 0) is 31.0 Å². The second-order valence-electron chi connectivity index (χ2n) is 7.70. The van der Waals surface area contributed by atoms with Gasteiger partial charge in [-0.25, -0.2) is 4.98 Å². The molecular weight excluding hydrogens is 411 g/mol. The van der Waals surface area contributed by atoms with Gasteiger partial charge in [0.2, 0.25) is 5.91 Å². The van der Waals surface area contributed by atoms with Crippen molar-refractivity contribution in [1.82, 2.24) is 9.88 Å². The lowest BCUT2D eigenvalue weighted by Crippen LogP contribution is -2.51. The van der Waals surface area contributed by atoms with Crippen molar-refractivity contribution in [2.75, 3.05) is 31.1 Å². The van der Waals surface area contributed by atoms with E-state index < -0.39 is 23.6 Å². The standard InChI is InChI=1S/C22H24F3N3O3/c1-15-3-2-4-16(11-15)12-17(13-20(29)30)21(31)28-9-7-27(8-10-28)19-6-5-18(14-26-19)22(23,24)25/h2-6,11,14,17H,7-10,12-13H2,1H3,(H,29,30). The van der Waals surface area contributed by atoms with Crippen LogP contribution in [0.2, 0.25) is 0 Å². The molecule has 1 saturated heterocycles. The minimum Gasteiger partial charge on any atom is -0.481 e. The zero-order valence-corrected chi connectivity index (χ0v) is 17.1. The molecule has 0 aliphatic carbocycles. The van der Waals surface area contributed by atoms with Crippen molar-refractivity contribution in [2.45, 2.75) is 25.9 Å². The van der Waals surface area contributed by atoms with E-state index in [2.05, 4.69) is 4.98 Å². The number of carboxylic acids is 1. The van der Waals surface area contributed by atoms with E-state index in [-0.39, 0.29) is 12.3 Å². The average molecular weight is 435 g/mol. The third-order valence-electron chi connectivity index (χ3n) is 5.33. The first-order valence-corrected chi connectivity index (χ1v) is 9.98. The largest absolute Gasteiger partial charge is 0.481 e. The maximum absolute atomic E-state index is 13.0. The number of alkyl halides is 3. The lowest BCUT2D eigenvalue weighted by molar-refractivity contribution is -0.144. The summed E-state index contributed by atoms with van der Waals surface area (Å²) in [4.78, 5) is 31.7. The van der Waals surface area contributed by atoms with E-state index in [1.165, 1.54) is 6.07 Å². The van der Waals surface area contributed by atoms with Gasteiger partial charge in [0.25, 0.3) is 0 Å². The minimum absolute atomic E-state index is 0.219. The van der Waals surface area contributed by atoms with Crippen LogP contribution in [0.1, 0.15) is 23.1 Å². The second-order valence-corrected chi connectivity index (χ2v) is 7.70. The zero-order valence-electron chi connectivity index (χ0n) is 17.1. The highest BCUT2D eigenvalue weighted by atomic mass is 19.4. The van der Waals surface area contributed by atoms with Crippen LogP contribution in [-0.2, 0) is 22.2 Å². The molecule has 6 nitrogen and oxygen atoms in total. The van der Waals surface area contributed by atoms with Crippen LogP contribution in [0.15, 0.2) is 42.6 Å². The van der Waals surface area contributed by atoms with Gasteiger partial charge in [0.15, 0.2) is 0 Å². The normalized spacial score (nSPS) is 15.6. The molecule has 166 valence electrons. The van der Waals surface area contributed by atoms with Gasteiger partial charge in [0.05, 0.1) is 17.9 Å². The Morgan fingerprint density at radius 1 is 1.13 bits per heavy atom. The molecular formula is C22H24F3N3O3. The summed E-state index contributed by atoms with van der Waals surface area (Å²) in [6.45, 7) is 3.46. The highest BCUT2D eigenvalue weighted by Crippen LogP contribution is 2.29. The number of hydrogen-bond acceptors (Lipinski definition) is 4. The van der Waals surface area contributed by atoms with Crippen molar-refractivity contribution in [3.05, 3.63) is 59.3 Å². The number of anilines is 1. The SMILES string of the molecule is Cc1cccc(CC(CC(=O)O)C(=O)N2CCN(c3ccc(C(F)(F)F)cn3)CC2)c1. The van der Waals surface area contributed by atoms with Crippen LogP contribution in [0.4, 0.5) is 19.0 Å². The van der Waals surface area contributed by atoms with E-state index >= 15 is 0 Å². The fraction of sp³-hybridized carbons (Fsp3) is 0.409. The van der Waals surface area contributed by atoms with E-state index in [4.69, 9.17) is 0 Å². The van der Waals surface area contributed by atoms with E-state index in [0.29, 0.717) is 38.4 Å². The smallest absolute Gasteiger partial charge is 0.417 e. The summed E-state index contributed by atoms with van der Waals surface area (Å²) in [6.07, 6.45) is -3.55. The number of rotatable bonds is 6. The third-order valence-corrected chi connectivity index (χ3v) is 5.33. The summed E-state index contributed by atoms with van der Waals surface area (Å²) in [5.41, 5.74) is 1.14. The van der Waals surface area contributed by atoms with Gasteiger partial charge < -0.3 is 14.9 Å². The van der Waals surface area contributed by atoms with Crippen LogP contribution in [0, 0.1) is 12.8 Å². The maximum atomic E-state index is 13.0. The molecule has 0 radical (unpaired) electrons. The summed E-state index contributed by atoms with van der Waals surface area (Å²) in [5.74, 6) is -1.50. The van der Waals surface area contributed by atoms with E-state index in [9.17, 15) is 27.9 Å². The number of pyridine rings is 1. The number of amides is 1. The van der Waals surface area contributed by atoms with Gasteiger partial charge >= 0.3 is 12.1 Å². The van der Waals surface area contributed by atoms with Crippen molar-refractivity contribution in [3.8, 4) is 0 Å². The topological polar surface area (TPSA) is 73.7 Å². The first-order valence-electron chi connectivity index (χ1n) is 9.98. The number of benzene rings is 1. The molecule has 3 rings (SSSR count). The van der Waals surface area contributed by atoms with Crippen LogP contribution in [0.3, 0.4) is 0 Å². The fourth-order valence-electron chi connectivity index (χ4n) is 3.74. The number of piperazine rings is 1. The third kappa shape index (κ3) is 5.96. The van der Waals surface area contributed by atoms with Crippen molar-refractivity contribution in [2.24, 2.45) is 5.92 Å². The molecule has 1 aliphatic heterocycles. The summed E-state index contributed by atoms with van der Waals surface area (Å²) in [5, 5.41) is 9.27. The lowest BCUT2D eigenvalue weighted by atomic mass is 9.93. The first-order chi connectivity index (χ1) is 14.6. The molecule has 1 aromatic heterocycles. The van der Waals surface area contributed by atoms with E-state index in [1.807, 2.05) is 36.1 Å². The molecule has 1 unspecified atom stereocenters. The zero-order chi connectivity index (χ0) is 22.6. The fourth-order valence-corrected chi connectivity index (χ4v) is 3.74. The number of halogens is 3. The molecule has 1 atom stereocenters. The van der Waals surface area contributed by atoms with Crippen molar-refractivity contribution in [3.63, 3.8) is 0 Å². The van der Waals surface area contributed by atoms with Gasteiger partial charge in [0, 0.05) is 32.4 Å². The molecule has 31 heavy (non-hydrogen) atoms. The molecule has 1 amide bonds. The average Bonchev–Trinajstić information content (AvgIpc) is 2.72. The van der Waals surface area contributed by atoms with Gasteiger partial charge in [-0.15, -0.1) is 0 Å². The second kappa shape index (κ2) is 9.36. The Balaban J connectivity index is 1.63. The van der Waals surface area contributed by atoms with E-state index in [0.717, 1.165) is 23.4 Å². The quantitative estimate of drug-likeness (QED) is 0.753. The van der Waals surface area contributed by atoms with Gasteiger partial charge in [-0.1, -0.05) is 29.8 Å². The predicted molar refractivity (Wildman–Crippen MR) is 109 cm³/mol. The Kier molecular flexibility index (Phi) is 6.82. The minimum atomic E-state index is -4.44. The van der Waals surface area contributed by atoms with Crippen LogP contribution in [-0.4, -0.2) is 53.0 Å². The highest BCUT2D eigenvalue weighted by Gasteiger charge is 2.32. The number of aromatic nitrogens is 1. The lowest BCUT2D eigenvalue weighted by Gasteiger charge is -2.37. The Morgan fingerprint density at radius 2 is 1.84 bits per heavy atom. The van der Waals surface area contributed by atoms with Crippen molar-refractivity contribution < 1.29 is 27.9 Å². The van der Waals surface area contributed by atoms with Crippen LogP contribution in [0.5, 0.6) is 0 Å². The number of aliphatic carboxylic acids is 1. The van der Waals surface area contributed by atoms with Crippen molar-refractivity contribution in [1.29, 1.82) is 0 Å². The molecule has 0 spiro atoms. The Labute approximate surface area is 178 Å². The molecule has 2 aromatic rings. The Hall–Kier alpha value is -3.10. The molecule has 0 saturated carbocycles. The monoisotopic (exact) mass is 435 g/mol. The highest BCUT2D eigenvalue weighted by molar-refractivity contribution is 5.83. The van der Waals surface area contributed by atoms with Gasteiger partial charge in [0.1, 0.15) is 5.82 Å². The molecule has 1 fully saturated rings. The summed E-state index contributed by atoms with van der Waals surface area (Å²) in [7, 11) is 0. The van der Waals surface area contributed by atoms with Crippen LogP contribution in [0.25, 0.3) is 0 Å². The van der Waals surface area contributed by atoms with Gasteiger partial charge in [-0.2, -0.15) is 13.2 Å². The Bertz CT molecular complexity index is 924. The molecule has 0 bridgehead atoms. The molecule has 1 N–H and O–H groups in total. The first kappa shape index (κ1) is 22.6. The number of carbonyl (C=O) groups excluding carboxylic acids is 1. The number of hydrogen-bond donors (Lipinski definition) is 1. The summed E-state index contributed by atoms with van der Waals surface area (Å²) >= 11 is 0. The number of carboxylic acid groups (broad SMARTS) is 1. The number of carbonyl (C=O) groups is 2. The van der Waals surface area contributed by atoms with E-state index in [1.54, 1.807) is 4.90 Å². The molecule has 1 aromatic carbocycles.